The minimum atomic E-state index is -0.959. The van der Waals surface area contributed by atoms with E-state index >= 15 is 0 Å². The lowest BCUT2D eigenvalue weighted by Gasteiger charge is -2.17. The summed E-state index contributed by atoms with van der Waals surface area (Å²) in [7, 11) is 0. The van der Waals surface area contributed by atoms with Gasteiger partial charge >= 0.3 is 0 Å². The van der Waals surface area contributed by atoms with Crippen LogP contribution in [0, 0.1) is 6.92 Å². The van der Waals surface area contributed by atoms with Crippen molar-refractivity contribution in [1.29, 1.82) is 0 Å². The number of aromatic nitrogens is 2. The van der Waals surface area contributed by atoms with Crippen LogP contribution in [0.5, 0.6) is 0 Å². The molecule has 0 aliphatic rings. The minimum absolute atomic E-state index is 0.175. The Labute approximate surface area is 70.6 Å². The summed E-state index contributed by atoms with van der Waals surface area (Å²) in [5.74, 6) is 0.987. The maximum absolute atomic E-state index is 9.53. The van der Waals surface area contributed by atoms with Crippen molar-refractivity contribution in [2.45, 2.75) is 25.9 Å². The van der Waals surface area contributed by atoms with E-state index in [4.69, 9.17) is 10.3 Å². The molecule has 1 rings (SSSR count). The van der Waals surface area contributed by atoms with Gasteiger partial charge in [0.25, 0.3) is 0 Å². The topological polar surface area (TPSA) is 85.2 Å². The van der Waals surface area contributed by atoms with Crippen LogP contribution in [0.2, 0.25) is 0 Å². The zero-order valence-corrected chi connectivity index (χ0v) is 7.24. The molecule has 0 radical (unpaired) electrons. The van der Waals surface area contributed by atoms with Crippen LogP contribution < -0.4 is 5.73 Å². The third-order valence-electron chi connectivity index (χ3n) is 1.54. The van der Waals surface area contributed by atoms with Crippen LogP contribution in [0.1, 0.15) is 18.6 Å². The van der Waals surface area contributed by atoms with Crippen LogP contribution in [0.3, 0.4) is 0 Å². The lowest BCUT2D eigenvalue weighted by molar-refractivity contribution is 0.0610. The maximum atomic E-state index is 9.53. The number of hydrogen-bond acceptors (Lipinski definition) is 5. The quantitative estimate of drug-likeness (QED) is 0.648. The SMILES string of the molecule is Cc1noc(CC(C)(O)CN)n1. The Bertz CT molecular complexity index is 257. The number of hydrogen-bond donors (Lipinski definition) is 2. The molecule has 5 heteroatoms. The minimum Gasteiger partial charge on any atom is -0.388 e. The van der Waals surface area contributed by atoms with Crippen molar-refractivity contribution >= 4 is 0 Å². The Balaban J connectivity index is 2.63. The fraction of sp³-hybridized carbons (Fsp3) is 0.714. The van der Waals surface area contributed by atoms with Gasteiger partial charge in [0.15, 0.2) is 5.82 Å². The molecule has 0 saturated carbocycles. The molecule has 0 bridgehead atoms. The molecule has 1 atom stereocenters. The van der Waals surface area contributed by atoms with Gasteiger partial charge in [-0.05, 0) is 13.8 Å². The summed E-state index contributed by atoms with van der Waals surface area (Å²) in [5, 5.41) is 13.1. The van der Waals surface area contributed by atoms with Crippen molar-refractivity contribution in [2.24, 2.45) is 5.73 Å². The normalized spacial score (nSPS) is 16.0. The maximum Gasteiger partial charge on any atom is 0.229 e. The summed E-state index contributed by atoms with van der Waals surface area (Å²) < 4.78 is 4.83. The van der Waals surface area contributed by atoms with Gasteiger partial charge in [0.2, 0.25) is 5.89 Å². The predicted molar refractivity (Wildman–Crippen MR) is 42.4 cm³/mol. The Hall–Kier alpha value is -0.940. The second-order valence-corrected chi connectivity index (χ2v) is 3.11. The lowest BCUT2D eigenvalue weighted by Crippen LogP contribution is -2.36. The smallest absolute Gasteiger partial charge is 0.229 e. The second-order valence-electron chi connectivity index (χ2n) is 3.11. The first kappa shape index (κ1) is 9.15. The van der Waals surface area contributed by atoms with Crippen LogP contribution in [0.4, 0.5) is 0 Å². The van der Waals surface area contributed by atoms with Crippen molar-refractivity contribution in [3.05, 3.63) is 11.7 Å². The highest BCUT2D eigenvalue weighted by Gasteiger charge is 2.21. The molecule has 0 aliphatic carbocycles. The van der Waals surface area contributed by atoms with Gasteiger partial charge in [0.1, 0.15) is 0 Å². The number of rotatable bonds is 3. The van der Waals surface area contributed by atoms with Gasteiger partial charge in [-0.1, -0.05) is 5.16 Å². The molecular weight excluding hydrogens is 158 g/mol. The van der Waals surface area contributed by atoms with E-state index in [9.17, 15) is 5.11 Å². The molecule has 0 fully saturated rings. The molecule has 0 spiro atoms. The van der Waals surface area contributed by atoms with E-state index in [1.54, 1.807) is 13.8 Å². The van der Waals surface area contributed by atoms with E-state index in [2.05, 4.69) is 10.1 Å². The molecule has 0 aliphatic heterocycles. The Kier molecular flexibility index (Phi) is 2.44. The summed E-state index contributed by atoms with van der Waals surface area (Å²) in [6, 6.07) is 0. The third-order valence-corrected chi connectivity index (χ3v) is 1.54. The first-order valence-corrected chi connectivity index (χ1v) is 3.75. The predicted octanol–water partition coefficient (Wildman–Crippen LogP) is -0.370. The van der Waals surface area contributed by atoms with Crippen molar-refractivity contribution < 1.29 is 9.63 Å². The average molecular weight is 171 g/mol. The highest BCUT2D eigenvalue weighted by atomic mass is 16.5. The molecule has 3 N–H and O–H groups in total. The first-order valence-electron chi connectivity index (χ1n) is 3.75. The van der Waals surface area contributed by atoms with E-state index in [1.165, 1.54) is 0 Å². The Morgan fingerprint density at radius 1 is 1.67 bits per heavy atom. The van der Waals surface area contributed by atoms with Crippen molar-refractivity contribution in [2.75, 3.05) is 6.54 Å². The van der Waals surface area contributed by atoms with Crippen LogP contribution in [0.25, 0.3) is 0 Å². The summed E-state index contributed by atoms with van der Waals surface area (Å²) in [6.45, 7) is 3.53. The van der Waals surface area contributed by atoms with Crippen LogP contribution in [-0.2, 0) is 6.42 Å². The summed E-state index contributed by atoms with van der Waals surface area (Å²) in [5.41, 5.74) is 4.36. The molecule has 0 aromatic carbocycles. The average Bonchev–Trinajstić information content (AvgIpc) is 2.35. The summed E-state index contributed by atoms with van der Waals surface area (Å²) in [4.78, 5) is 3.95. The van der Waals surface area contributed by atoms with E-state index in [0.29, 0.717) is 18.1 Å². The van der Waals surface area contributed by atoms with Gasteiger partial charge in [-0.15, -0.1) is 0 Å². The van der Waals surface area contributed by atoms with E-state index in [1.807, 2.05) is 0 Å². The number of aryl methyl sites for hydroxylation is 1. The molecule has 1 aromatic heterocycles. The zero-order chi connectivity index (χ0) is 9.19. The second kappa shape index (κ2) is 3.20. The Morgan fingerprint density at radius 2 is 2.33 bits per heavy atom. The number of nitrogens with zero attached hydrogens (tertiary/aromatic N) is 2. The molecule has 1 heterocycles. The zero-order valence-electron chi connectivity index (χ0n) is 7.24. The molecule has 0 amide bonds. The number of aliphatic hydroxyl groups is 1. The van der Waals surface area contributed by atoms with E-state index in [0.717, 1.165) is 0 Å². The molecular formula is C7H13N3O2. The van der Waals surface area contributed by atoms with Gasteiger partial charge < -0.3 is 15.4 Å². The van der Waals surface area contributed by atoms with Gasteiger partial charge in [-0.3, -0.25) is 0 Å². The van der Waals surface area contributed by atoms with Gasteiger partial charge in [-0.25, -0.2) is 0 Å². The third kappa shape index (κ3) is 2.28. The Morgan fingerprint density at radius 3 is 2.75 bits per heavy atom. The number of nitrogens with two attached hydrogens (primary N) is 1. The van der Waals surface area contributed by atoms with Gasteiger partial charge in [0, 0.05) is 6.54 Å². The van der Waals surface area contributed by atoms with E-state index < -0.39 is 5.60 Å². The fourth-order valence-corrected chi connectivity index (χ4v) is 0.810. The largest absolute Gasteiger partial charge is 0.388 e. The van der Waals surface area contributed by atoms with Gasteiger partial charge in [-0.2, -0.15) is 4.98 Å². The molecule has 1 unspecified atom stereocenters. The first-order chi connectivity index (χ1) is 5.53. The van der Waals surface area contributed by atoms with Crippen molar-refractivity contribution in [3.63, 3.8) is 0 Å². The van der Waals surface area contributed by atoms with Crippen molar-refractivity contribution in [3.8, 4) is 0 Å². The molecule has 5 nitrogen and oxygen atoms in total. The molecule has 68 valence electrons. The van der Waals surface area contributed by atoms with Crippen LogP contribution in [-0.4, -0.2) is 27.4 Å². The summed E-state index contributed by atoms with van der Waals surface area (Å²) >= 11 is 0. The fourth-order valence-electron chi connectivity index (χ4n) is 0.810. The van der Waals surface area contributed by atoms with Gasteiger partial charge in [0.05, 0.1) is 12.0 Å². The molecule has 0 saturated heterocycles. The highest BCUT2D eigenvalue weighted by molar-refractivity contribution is 4.90. The summed E-state index contributed by atoms with van der Waals surface area (Å²) in [6.07, 6.45) is 0.296. The molecule has 12 heavy (non-hydrogen) atoms. The standard InChI is InChI=1S/C7H13N3O2/c1-5-9-6(12-10-5)3-7(2,11)4-8/h11H,3-4,8H2,1-2H3. The van der Waals surface area contributed by atoms with Crippen LogP contribution in [0.15, 0.2) is 4.52 Å². The monoisotopic (exact) mass is 171 g/mol. The van der Waals surface area contributed by atoms with Crippen LogP contribution >= 0.6 is 0 Å². The molecule has 1 aromatic rings. The lowest BCUT2D eigenvalue weighted by atomic mass is 10.0. The van der Waals surface area contributed by atoms with E-state index in [-0.39, 0.29) is 6.54 Å². The highest BCUT2D eigenvalue weighted by Crippen LogP contribution is 2.09. The van der Waals surface area contributed by atoms with Crippen molar-refractivity contribution in [1.82, 2.24) is 10.1 Å².